The van der Waals surface area contributed by atoms with E-state index in [9.17, 15) is 14.0 Å². The molecule has 41 heavy (non-hydrogen) atoms. The van der Waals surface area contributed by atoms with Gasteiger partial charge in [-0.3, -0.25) is 9.59 Å². The third-order valence-corrected chi connectivity index (χ3v) is 6.04. The average molecular weight is 566 g/mol. The van der Waals surface area contributed by atoms with E-state index < -0.39 is 29.8 Å². The third kappa shape index (κ3) is 7.34. The maximum absolute atomic E-state index is 14.9. The van der Waals surface area contributed by atoms with E-state index in [1.807, 2.05) is 32.9 Å². The molecule has 11 nitrogen and oxygen atoms in total. The van der Waals surface area contributed by atoms with Crippen LogP contribution in [0.2, 0.25) is 0 Å². The van der Waals surface area contributed by atoms with Crippen molar-refractivity contribution in [1.82, 2.24) is 20.4 Å². The van der Waals surface area contributed by atoms with Gasteiger partial charge in [0.1, 0.15) is 30.1 Å². The molecule has 2 aromatic heterocycles. The zero-order valence-corrected chi connectivity index (χ0v) is 23.2. The first-order valence-electron chi connectivity index (χ1n) is 13.2. The monoisotopic (exact) mass is 565 g/mol. The van der Waals surface area contributed by atoms with Crippen LogP contribution < -0.4 is 15.8 Å². The summed E-state index contributed by atoms with van der Waals surface area (Å²) in [4.78, 5) is 32.6. The molecular formula is C29H32FN5O6. The van der Waals surface area contributed by atoms with Gasteiger partial charge in [0.2, 0.25) is 17.6 Å². The van der Waals surface area contributed by atoms with Gasteiger partial charge in [0.25, 0.3) is 5.91 Å². The van der Waals surface area contributed by atoms with Gasteiger partial charge >= 0.3 is 5.97 Å². The van der Waals surface area contributed by atoms with Crippen LogP contribution in [0.1, 0.15) is 68.3 Å². The largest absolute Gasteiger partial charge is 0.481 e. The molecule has 4 rings (SSSR count). The van der Waals surface area contributed by atoms with Gasteiger partial charge in [-0.05, 0) is 49.7 Å². The van der Waals surface area contributed by atoms with Crippen molar-refractivity contribution >= 4 is 11.9 Å². The number of nitrogens with zero attached hydrogens (tertiary/aromatic N) is 3. The van der Waals surface area contributed by atoms with Gasteiger partial charge in [0, 0.05) is 17.0 Å². The number of carbonyl (C=O) groups is 2. The van der Waals surface area contributed by atoms with Gasteiger partial charge in [-0.2, -0.15) is 4.98 Å². The number of hydrogen-bond acceptors (Lipinski definition) is 10. The number of benzene rings is 2. The number of esters is 1. The van der Waals surface area contributed by atoms with Crippen LogP contribution in [0.15, 0.2) is 57.7 Å². The molecule has 1 unspecified atom stereocenters. The van der Waals surface area contributed by atoms with E-state index in [4.69, 9.17) is 24.1 Å². The van der Waals surface area contributed by atoms with E-state index in [-0.39, 0.29) is 24.6 Å². The van der Waals surface area contributed by atoms with E-state index in [1.54, 1.807) is 25.1 Å². The van der Waals surface area contributed by atoms with E-state index >= 15 is 0 Å². The first kappa shape index (κ1) is 29.4. The fourth-order valence-corrected chi connectivity index (χ4v) is 3.79. The van der Waals surface area contributed by atoms with E-state index in [0.717, 1.165) is 5.56 Å². The lowest BCUT2D eigenvalue weighted by molar-refractivity contribution is -0.142. The molecule has 2 heterocycles. The summed E-state index contributed by atoms with van der Waals surface area (Å²) >= 11 is 0. The van der Waals surface area contributed by atoms with Crippen LogP contribution in [-0.2, 0) is 9.53 Å². The summed E-state index contributed by atoms with van der Waals surface area (Å²) in [5, 5.41) is 6.61. The van der Waals surface area contributed by atoms with Crippen molar-refractivity contribution in [1.29, 1.82) is 0 Å². The molecule has 0 radical (unpaired) electrons. The highest BCUT2D eigenvalue weighted by atomic mass is 19.1. The molecule has 1 amide bonds. The molecule has 4 aromatic rings. The maximum atomic E-state index is 14.9. The second-order valence-corrected chi connectivity index (χ2v) is 9.68. The van der Waals surface area contributed by atoms with Crippen molar-refractivity contribution in [3.05, 3.63) is 71.9 Å². The number of ether oxygens (including phenoxy) is 2. The summed E-state index contributed by atoms with van der Waals surface area (Å²) in [6.07, 6.45) is 1.49. The fourth-order valence-electron chi connectivity index (χ4n) is 3.79. The van der Waals surface area contributed by atoms with Gasteiger partial charge in [-0.15, -0.1) is 0 Å². The number of halogens is 1. The minimum Gasteiger partial charge on any atom is -0.481 e. The van der Waals surface area contributed by atoms with Crippen LogP contribution in [-0.4, -0.2) is 46.2 Å². The Bertz CT molecular complexity index is 1480. The lowest BCUT2D eigenvalue weighted by Gasteiger charge is -2.14. The minimum atomic E-state index is -0.735. The summed E-state index contributed by atoms with van der Waals surface area (Å²) in [6.45, 7) is 7.18. The van der Waals surface area contributed by atoms with Crippen molar-refractivity contribution in [2.24, 2.45) is 5.73 Å². The Hall–Kier alpha value is -4.58. The Morgan fingerprint density at radius 1 is 1.05 bits per heavy atom. The standard InChI is InChI=1S/C29H32FN5O6/c1-5-24(40-20-9-6-18(7-10-20)26-34-28(16(2)3)41-35-26)29-33-23(15-39-29)19-8-11-21(22(30)12-19)27(37)32-17(4)14-38-25(36)13-31/h6-12,15-17,24H,5,13-14,31H2,1-4H3,(H,32,37)/t17-,24?/m0/s1. The number of nitrogens with two attached hydrogens (primary N) is 1. The topological polar surface area (TPSA) is 156 Å². The molecule has 0 fully saturated rings. The molecule has 0 aliphatic carbocycles. The maximum Gasteiger partial charge on any atom is 0.319 e. The Labute approximate surface area is 236 Å². The van der Waals surface area contributed by atoms with Gasteiger partial charge in [-0.1, -0.05) is 32.0 Å². The predicted octanol–water partition coefficient (Wildman–Crippen LogP) is 4.80. The molecule has 0 aliphatic heterocycles. The lowest BCUT2D eigenvalue weighted by atomic mass is 10.1. The summed E-state index contributed by atoms with van der Waals surface area (Å²) in [5.74, 6) is 0.166. The predicted molar refractivity (Wildman–Crippen MR) is 146 cm³/mol. The summed E-state index contributed by atoms with van der Waals surface area (Å²) in [7, 11) is 0. The van der Waals surface area contributed by atoms with Crippen molar-refractivity contribution < 1.29 is 32.4 Å². The Morgan fingerprint density at radius 3 is 2.41 bits per heavy atom. The van der Waals surface area contributed by atoms with Crippen LogP contribution in [0, 0.1) is 5.82 Å². The number of hydrogen-bond donors (Lipinski definition) is 2. The van der Waals surface area contributed by atoms with Crippen LogP contribution in [0.25, 0.3) is 22.6 Å². The fraction of sp³-hybridized carbons (Fsp3) is 0.345. The molecule has 216 valence electrons. The molecule has 0 saturated heterocycles. The first-order valence-corrected chi connectivity index (χ1v) is 13.2. The van der Waals surface area contributed by atoms with Crippen LogP contribution in [0.5, 0.6) is 5.75 Å². The van der Waals surface area contributed by atoms with Crippen LogP contribution in [0.3, 0.4) is 0 Å². The summed E-state index contributed by atoms with van der Waals surface area (Å²) in [6, 6.07) is 10.9. The first-order chi connectivity index (χ1) is 19.7. The second-order valence-electron chi connectivity index (χ2n) is 9.68. The average Bonchev–Trinajstić information content (AvgIpc) is 3.66. The van der Waals surface area contributed by atoms with Crippen molar-refractivity contribution in [2.75, 3.05) is 13.2 Å². The van der Waals surface area contributed by atoms with Crippen LogP contribution >= 0.6 is 0 Å². The summed E-state index contributed by atoms with van der Waals surface area (Å²) in [5.41, 5.74) is 6.65. The number of nitrogens with one attached hydrogen (secondary N) is 1. The molecule has 2 aromatic carbocycles. The number of rotatable bonds is 12. The quantitative estimate of drug-likeness (QED) is 0.229. The van der Waals surface area contributed by atoms with Crippen molar-refractivity contribution in [2.45, 2.75) is 52.2 Å². The smallest absolute Gasteiger partial charge is 0.319 e. The highest BCUT2D eigenvalue weighted by molar-refractivity contribution is 5.95. The molecular weight excluding hydrogens is 533 g/mol. The molecule has 3 N–H and O–H groups in total. The normalized spacial score (nSPS) is 12.7. The Morgan fingerprint density at radius 2 is 1.78 bits per heavy atom. The highest BCUT2D eigenvalue weighted by Crippen LogP contribution is 2.29. The van der Waals surface area contributed by atoms with Gasteiger partial charge < -0.3 is 29.5 Å². The van der Waals surface area contributed by atoms with Crippen molar-refractivity contribution in [3.63, 3.8) is 0 Å². The Kier molecular flexibility index (Phi) is 9.45. The van der Waals surface area contributed by atoms with Crippen molar-refractivity contribution in [3.8, 4) is 28.4 Å². The molecule has 0 spiro atoms. The van der Waals surface area contributed by atoms with E-state index in [0.29, 0.717) is 41.0 Å². The van der Waals surface area contributed by atoms with Gasteiger partial charge in [-0.25, -0.2) is 9.37 Å². The van der Waals surface area contributed by atoms with Crippen LogP contribution in [0.4, 0.5) is 4.39 Å². The minimum absolute atomic E-state index is 0.0774. The number of aromatic nitrogens is 3. The van der Waals surface area contributed by atoms with Gasteiger partial charge in [0.05, 0.1) is 18.2 Å². The number of oxazole rings is 1. The highest BCUT2D eigenvalue weighted by Gasteiger charge is 2.21. The second kappa shape index (κ2) is 13.2. The van der Waals surface area contributed by atoms with E-state index in [1.165, 1.54) is 18.4 Å². The SMILES string of the molecule is CCC(Oc1ccc(-c2noc(C(C)C)n2)cc1)c1nc(-c2ccc(C(=O)N[C@@H](C)COC(=O)CN)c(F)c2)co1. The Balaban J connectivity index is 1.40. The number of amides is 1. The van der Waals surface area contributed by atoms with Gasteiger partial charge in [0.15, 0.2) is 6.10 Å². The number of carbonyl (C=O) groups excluding carboxylic acids is 2. The molecule has 2 atom stereocenters. The summed E-state index contributed by atoms with van der Waals surface area (Å²) < 4.78 is 36.8. The molecule has 12 heteroatoms. The molecule has 0 bridgehead atoms. The zero-order valence-electron chi connectivity index (χ0n) is 23.2. The zero-order chi connectivity index (χ0) is 29.5. The lowest BCUT2D eigenvalue weighted by Crippen LogP contribution is -2.37. The molecule has 0 aliphatic rings. The third-order valence-electron chi connectivity index (χ3n) is 6.04. The van der Waals surface area contributed by atoms with E-state index in [2.05, 4.69) is 20.4 Å². The molecule has 0 saturated carbocycles.